The summed E-state index contributed by atoms with van der Waals surface area (Å²) in [4.78, 5) is 17.1. The van der Waals surface area contributed by atoms with Gasteiger partial charge in [0, 0.05) is 25.6 Å². The van der Waals surface area contributed by atoms with Crippen molar-refractivity contribution in [2.75, 3.05) is 26.7 Å². The monoisotopic (exact) mass is 238 g/mol. The summed E-state index contributed by atoms with van der Waals surface area (Å²) in [7, 11) is 2.19. The van der Waals surface area contributed by atoms with Crippen molar-refractivity contribution >= 4 is 5.78 Å². The maximum atomic E-state index is 12.2. The summed E-state index contributed by atoms with van der Waals surface area (Å²) in [5.41, 5.74) is 0. The molecule has 0 bridgehead atoms. The average Bonchev–Trinajstić information content (AvgIpc) is 2.57. The van der Waals surface area contributed by atoms with Gasteiger partial charge in [0.1, 0.15) is 5.78 Å². The summed E-state index contributed by atoms with van der Waals surface area (Å²) >= 11 is 0. The fourth-order valence-electron chi connectivity index (χ4n) is 3.35. The van der Waals surface area contributed by atoms with Crippen LogP contribution in [-0.2, 0) is 4.79 Å². The van der Waals surface area contributed by atoms with Crippen LogP contribution >= 0.6 is 0 Å². The normalized spacial score (nSPS) is 34.4. The minimum atomic E-state index is 0.221. The molecule has 0 aromatic carbocycles. The molecule has 3 nitrogen and oxygen atoms in total. The predicted octanol–water partition coefficient (Wildman–Crippen LogP) is 1.91. The molecule has 17 heavy (non-hydrogen) atoms. The first-order valence-corrected chi connectivity index (χ1v) is 7.15. The molecule has 0 radical (unpaired) electrons. The Kier molecular flexibility index (Phi) is 4.57. The molecule has 1 aliphatic heterocycles. The highest BCUT2D eigenvalue weighted by Crippen LogP contribution is 2.22. The second-order valence-corrected chi connectivity index (χ2v) is 5.78. The van der Waals surface area contributed by atoms with E-state index in [1.54, 1.807) is 0 Å². The zero-order chi connectivity index (χ0) is 12.3. The van der Waals surface area contributed by atoms with Crippen molar-refractivity contribution < 1.29 is 4.79 Å². The Hall–Kier alpha value is -0.410. The summed E-state index contributed by atoms with van der Waals surface area (Å²) < 4.78 is 0. The number of likely N-dealkylation sites (N-methyl/N-ethyl adjacent to an activating group) is 1. The Bertz CT molecular complexity index is 267. The van der Waals surface area contributed by atoms with E-state index in [9.17, 15) is 4.79 Å². The van der Waals surface area contributed by atoms with Gasteiger partial charge in [0.2, 0.25) is 0 Å². The summed E-state index contributed by atoms with van der Waals surface area (Å²) in [5, 5.41) is 0. The van der Waals surface area contributed by atoms with Crippen LogP contribution in [0.2, 0.25) is 0 Å². The van der Waals surface area contributed by atoms with Crippen LogP contribution in [0.5, 0.6) is 0 Å². The van der Waals surface area contributed by atoms with E-state index < -0.39 is 0 Å². The molecule has 0 aromatic heterocycles. The highest BCUT2D eigenvalue weighted by atomic mass is 16.1. The van der Waals surface area contributed by atoms with E-state index in [4.69, 9.17) is 0 Å². The molecule has 1 saturated heterocycles. The molecule has 3 heteroatoms. The number of hydrogen-bond acceptors (Lipinski definition) is 3. The van der Waals surface area contributed by atoms with Crippen LogP contribution in [0.4, 0.5) is 0 Å². The second kappa shape index (κ2) is 5.96. The van der Waals surface area contributed by atoms with E-state index in [0.717, 1.165) is 32.4 Å². The van der Waals surface area contributed by atoms with Crippen LogP contribution in [0.25, 0.3) is 0 Å². The lowest BCUT2D eigenvalue weighted by atomic mass is 10.0. The number of nitrogens with zero attached hydrogens (tertiary/aromatic N) is 2. The van der Waals surface area contributed by atoms with Crippen LogP contribution in [-0.4, -0.2) is 54.3 Å². The molecule has 98 valence electrons. The molecule has 2 fully saturated rings. The zero-order valence-electron chi connectivity index (χ0n) is 11.3. The number of ketones is 1. The quantitative estimate of drug-likeness (QED) is 0.652. The van der Waals surface area contributed by atoms with Crippen molar-refractivity contribution in [1.82, 2.24) is 9.80 Å². The number of carbonyl (C=O) groups excluding carboxylic acids is 1. The van der Waals surface area contributed by atoms with E-state index in [-0.39, 0.29) is 6.04 Å². The first kappa shape index (κ1) is 13.0. The average molecular weight is 238 g/mol. The van der Waals surface area contributed by atoms with Gasteiger partial charge in [0.25, 0.3) is 0 Å². The largest absolute Gasteiger partial charge is 0.305 e. The summed E-state index contributed by atoms with van der Waals surface area (Å²) in [6.07, 6.45) is 6.68. The molecule has 2 atom stereocenters. The Labute approximate surface area is 105 Å². The van der Waals surface area contributed by atoms with Gasteiger partial charge in [-0.3, -0.25) is 9.69 Å². The molecule has 0 aromatic rings. The van der Waals surface area contributed by atoms with Crippen molar-refractivity contribution in [2.24, 2.45) is 0 Å². The van der Waals surface area contributed by atoms with Gasteiger partial charge in [-0.15, -0.1) is 0 Å². The molecule has 2 aliphatic rings. The van der Waals surface area contributed by atoms with E-state index in [0.29, 0.717) is 11.8 Å². The lowest BCUT2D eigenvalue weighted by Gasteiger charge is -2.34. The number of hydrogen-bond donors (Lipinski definition) is 0. The van der Waals surface area contributed by atoms with E-state index >= 15 is 0 Å². The van der Waals surface area contributed by atoms with Crippen molar-refractivity contribution in [3.8, 4) is 0 Å². The third-order valence-corrected chi connectivity index (χ3v) is 4.27. The number of Topliss-reactive ketones (excluding diaryl/α,β-unsaturated/α-hetero) is 1. The summed E-state index contributed by atoms with van der Waals surface area (Å²) in [6.45, 7) is 5.65. The van der Waals surface area contributed by atoms with Gasteiger partial charge in [-0.1, -0.05) is 12.8 Å². The van der Waals surface area contributed by atoms with Gasteiger partial charge in [-0.05, 0) is 39.8 Å². The Balaban J connectivity index is 2.05. The molecule has 2 unspecified atom stereocenters. The highest BCUT2D eigenvalue weighted by molar-refractivity contribution is 5.84. The van der Waals surface area contributed by atoms with Gasteiger partial charge in [-0.25, -0.2) is 0 Å². The zero-order valence-corrected chi connectivity index (χ0v) is 11.3. The first-order chi connectivity index (χ1) is 8.18. The van der Waals surface area contributed by atoms with Gasteiger partial charge < -0.3 is 4.90 Å². The fourth-order valence-corrected chi connectivity index (χ4v) is 3.35. The molecule has 1 saturated carbocycles. The molecular weight excluding hydrogens is 212 g/mol. The Morgan fingerprint density at radius 3 is 2.76 bits per heavy atom. The summed E-state index contributed by atoms with van der Waals surface area (Å²) in [5.74, 6) is 0.499. The fraction of sp³-hybridized carbons (Fsp3) is 0.929. The van der Waals surface area contributed by atoms with Crippen molar-refractivity contribution in [3.63, 3.8) is 0 Å². The van der Waals surface area contributed by atoms with Crippen LogP contribution < -0.4 is 0 Å². The predicted molar refractivity (Wildman–Crippen MR) is 70.2 cm³/mol. The summed E-state index contributed by atoms with van der Waals surface area (Å²) in [6, 6.07) is 0.744. The van der Waals surface area contributed by atoms with Crippen LogP contribution in [0.3, 0.4) is 0 Å². The molecule has 1 heterocycles. The SMILES string of the molecule is CC1CN(C)CCCN1C1CCCCCC1=O. The van der Waals surface area contributed by atoms with E-state index in [2.05, 4.69) is 23.8 Å². The number of rotatable bonds is 1. The standard InChI is InChI=1S/C14H26N2O/c1-12-11-15(2)9-6-10-16(12)13-7-4-3-5-8-14(13)17/h12-13H,3-11H2,1-2H3. The molecule has 0 N–H and O–H groups in total. The molecule has 0 amide bonds. The lowest BCUT2D eigenvalue weighted by Crippen LogP contribution is -2.47. The smallest absolute Gasteiger partial charge is 0.149 e. The lowest BCUT2D eigenvalue weighted by molar-refractivity contribution is -0.125. The third kappa shape index (κ3) is 3.29. The maximum Gasteiger partial charge on any atom is 0.149 e. The Morgan fingerprint density at radius 1 is 1.12 bits per heavy atom. The van der Waals surface area contributed by atoms with Gasteiger partial charge in [0.05, 0.1) is 6.04 Å². The Morgan fingerprint density at radius 2 is 1.94 bits per heavy atom. The molecule has 2 rings (SSSR count). The van der Waals surface area contributed by atoms with Gasteiger partial charge in [0.15, 0.2) is 0 Å². The molecule has 1 aliphatic carbocycles. The van der Waals surface area contributed by atoms with Crippen LogP contribution in [0.15, 0.2) is 0 Å². The second-order valence-electron chi connectivity index (χ2n) is 5.78. The van der Waals surface area contributed by atoms with Crippen molar-refractivity contribution in [1.29, 1.82) is 0 Å². The highest BCUT2D eigenvalue weighted by Gasteiger charge is 2.31. The van der Waals surface area contributed by atoms with E-state index in [1.807, 2.05) is 0 Å². The molecular formula is C14H26N2O. The number of carbonyl (C=O) groups is 1. The van der Waals surface area contributed by atoms with Crippen LogP contribution in [0.1, 0.15) is 45.4 Å². The van der Waals surface area contributed by atoms with Crippen molar-refractivity contribution in [2.45, 2.75) is 57.5 Å². The van der Waals surface area contributed by atoms with E-state index in [1.165, 1.54) is 25.8 Å². The van der Waals surface area contributed by atoms with Crippen LogP contribution in [0, 0.1) is 0 Å². The topological polar surface area (TPSA) is 23.6 Å². The van der Waals surface area contributed by atoms with Crippen molar-refractivity contribution in [3.05, 3.63) is 0 Å². The first-order valence-electron chi connectivity index (χ1n) is 7.15. The van der Waals surface area contributed by atoms with Gasteiger partial charge in [-0.2, -0.15) is 0 Å². The third-order valence-electron chi connectivity index (χ3n) is 4.27. The maximum absolute atomic E-state index is 12.2. The molecule has 0 spiro atoms. The minimum Gasteiger partial charge on any atom is -0.305 e. The van der Waals surface area contributed by atoms with Gasteiger partial charge >= 0.3 is 0 Å². The minimum absolute atomic E-state index is 0.221.